The Labute approximate surface area is 162 Å². The molecule has 0 spiro atoms. The van der Waals surface area contributed by atoms with Crippen molar-refractivity contribution in [1.82, 2.24) is 19.9 Å². The summed E-state index contributed by atoms with van der Waals surface area (Å²) in [4.78, 5) is 17.3. The van der Waals surface area contributed by atoms with Gasteiger partial charge in [0.1, 0.15) is 23.1 Å². The lowest BCUT2D eigenvalue weighted by Gasteiger charge is -2.10. The molecule has 4 heterocycles. The summed E-state index contributed by atoms with van der Waals surface area (Å²) in [6.45, 7) is 4.11. The molecular formula is C22H19N5O. The summed E-state index contributed by atoms with van der Waals surface area (Å²) in [5.41, 5.74) is 7.94. The molecule has 1 aliphatic rings. The van der Waals surface area contributed by atoms with Gasteiger partial charge >= 0.3 is 0 Å². The van der Waals surface area contributed by atoms with Crippen LogP contribution < -0.4 is 10.1 Å². The van der Waals surface area contributed by atoms with Gasteiger partial charge in [0.25, 0.3) is 0 Å². The molecule has 6 heteroatoms. The third-order valence-corrected chi connectivity index (χ3v) is 5.11. The van der Waals surface area contributed by atoms with Crippen LogP contribution in [-0.2, 0) is 0 Å². The highest BCUT2D eigenvalue weighted by atomic mass is 16.5. The van der Waals surface area contributed by atoms with E-state index in [0.29, 0.717) is 0 Å². The van der Waals surface area contributed by atoms with Crippen molar-refractivity contribution in [2.75, 3.05) is 12.4 Å². The van der Waals surface area contributed by atoms with Crippen LogP contribution in [0.3, 0.4) is 0 Å². The van der Waals surface area contributed by atoms with Gasteiger partial charge in [-0.2, -0.15) is 0 Å². The Morgan fingerprint density at radius 3 is 2.71 bits per heavy atom. The molecule has 0 saturated heterocycles. The second-order valence-electron chi connectivity index (χ2n) is 6.89. The number of aromatic amines is 1. The summed E-state index contributed by atoms with van der Waals surface area (Å²) in [7, 11) is 1.69. The van der Waals surface area contributed by atoms with Gasteiger partial charge in [0, 0.05) is 29.1 Å². The molecular weight excluding hydrogens is 350 g/mol. The fourth-order valence-electron chi connectivity index (χ4n) is 3.69. The van der Waals surface area contributed by atoms with Crippen molar-refractivity contribution in [3.05, 3.63) is 60.0 Å². The SMILES string of the molecule is COc1cc(C)c(-c2nc3c([nH]2)-c2ccncc2Nc2ncccc2-3)cc1C. The number of fused-ring (bicyclic) bond motifs is 5. The lowest BCUT2D eigenvalue weighted by atomic mass is 10.0. The van der Waals surface area contributed by atoms with Crippen LogP contribution in [0.25, 0.3) is 33.9 Å². The van der Waals surface area contributed by atoms with Crippen molar-refractivity contribution < 1.29 is 4.74 Å². The Balaban J connectivity index is 1.77. The molecule has 4 aromatic rings. The van der Waals surface area contributed by atoms with Crippen LogP contribution in [0.1, 0.15) is 11.1 Å². The maximum Gasteiger partial charge on any atom is 0.139 e. The van der Waals surface area contributed by atoms with Gasteiger partial charge in [-0.1, -0.05) is 0 Å². The van der Waals surface area contributed by atoms with Gasteiger partial charge in [-0.15, -0.1) is 0 Å². The summed E-state index contributed by atoms with van der Waals surface area (Å²) >= 11 is 0. The number of anilines is 2. The third kappa shape index (κ3) is 2.45. The van der Waals surface area contributed by atoms with Gasteiger partial charge in [-0.25, -0.2) is 9.97 Å². The van der Waals surface area contributed by atoms with Gasteiger partial charge in [0.2, 0.25) is 0 Å². The van der Waals surface area contributed by atoms with Gasteiger partial charge in [-0.3, -0.25) is 4.98 Å². The first-order valence-corrected chi connectivity index (χ1v) is 9.08. The van der Waals surface area contributed by atoms with E-state index in [1.54, 1.807) is 19.5 Å². The molecule has 0 radical (unpaired) electrons. The van der Waals surface area contributed by atoms with E-state index in [1.807, 2.05) is 37.4 Å². The largest absolute Gasteiger partial charge is 0.496 e. The van der Waals surface area contributed by atoms with Crippen LogP contribution in [0.5, 0.6) is 5.75 Å². The molecule has 6 nitrogen and oxygen atoms in total. The predicted molar refractivity (Wildman–Crippen MR) is 110 cm³/mol. The zero-order valence-corrected chi connectivity index (χ0v) is 15.9. The fourth-order valence-corrected chi connectivity index (χ4v) is 3.69. The number of ether oxygens (including phenoxy) is 1. The lowest BCUT2D eigenvalue weighted by molar-refractivity contribution is 0.411. The first-order valence-electron chi connectivity index (χ1n) is 9.08. The van der Waals surface area contributed by atoms with E-state index in [-0.39, 0.29) is 0 Å². The van der Waals surface area contributed by atoms with E-state index in [2.05, 4.69) is 33.3 Å². The summed E-state index contributed by atoms with van der Waals surface area (Å²) in [6, 6.07) is 10.1. The number of nitrogens with one attached hydrogen (secondary N) is 2. The average Bonchev–Trinajstić information content (AvgIpc) is 3.10. The van der Waals surface area contributed by atoms with Crippen molar-refractivity contribution in [3.63, 3.8) is 0 Å². The number of H-pyrrole nitrogens is 1. The van der Waals surface area contributed by atoms with Crippen LogP contribution >= 0.6 is 0 Å². The lowest BCUT2D eigenvalue weighted by Crippen LogP contribution is -1.96. The minimum atomic E-state index is 0.774. The summed E-state index contributed by atoms with van der Waals surface area (Å²) < 4.78 is 5.45. The maximum atomic E-state index is 5.45. The van der Waals surface area contributed by atoms with E-state index >= 15 is 0 Å². The molecule has 0 unspecified atom stereocenters. The number of imidazole rings is 1. The van der Waals surface area contributed by atoms with Crippen molar-refractivity contribution in [2.45, 2.75) is 13.8 Å². The maximum absolute atomic E-state index is 5.45. The highest BCUT2D eigenvalue weighted by molar-refractivity contribution is 5.95. The molecule has 0 atom stereocenters. The Kier molecular flexibility index (Phi) is 3.65. The van der Waals surface area contributed by atoms with Crippen LogP contribution in [0, 0.1) is 13.8 Å². The van der Waals surface area contributed by atoms with E-state index in [9.17, 15) is 0 Å². The van der Waals surface area contributed by atoms with Gasteiger partial charge in [0.15, 0.2) is 0 Å². The number of rotatable bonds is 2. The van der Waals surface area contributed by atoms with E-state index in [0.717, 1.165) is 62.3 Å². The van der Waals surface area contributed by atoms with Crippen LogP contribution in [-0.4, -0.2) is 27.0 Å². The van der Waals surface area contributed by atoms with Crippen molar-refractivity contribution in [3.8, 4) is 39.7 Å². The normalized spacial score (nSPS) is 11.7. The fraction of sp³-hybridized carbons (Fsp3) is 0.136. The number of hydrogen-bond donors (Lipinski definition) is 2. The summed E-state index contributed by atoms with van der Waals surface area (Å²) in [5, 5.41) is 3.38. The molecule has 0 bridgehead atoms. The van der Waals surface area contributed by atoms with E-state index in [4.69, 9.17) is 9.72 Å². The molecule has 0 aliphatic carbocycles. The monoisotopic (exact) mass is 369 g/mol. The number of methoxy groups -OCH3 is 1. The first-order chi connectivity index (χ1) is 13.7. The number of benzene rings is 1. The summed E-state index contributed by atoms with van der Waals surface area (Å²) in [5.74, 6) is 2.48. The smallest absolute Gasteiger partial charge is 0.139 e. The molecule has 0 saturated carbocycles. The topological polar surface area (TPSA) is 75.7 Å². The zero-order valence-electron chi connectivity index (χ0n) is 15.9. The molecule has 1 aliphatic heterocycles. The van der Waals surface area contributed by atoms with Crippen molar-refractivity contribution in [1.29, 1.82) is 0 Å². The quantitative estimate of drug-likeness (QED) is 0.464. The number of nitrogens with zero attached hydrogens (tertiary/aromatic N) is 3. The van der Waals surface area contributed by atoms with Gasteiger partial charge < -0.3 is 15.0 Å². The molecule has 0 amide bonds. The molecule has 1 aromatic carbocycles. The number of aromatic nitrogens is 4. The Bertz CT molecular complexity index is 1150. The minimum absolute atomic E-state index is 0.774. The predicted octanol–water partition coefficient (Wildman–Crippen LogP) is 4.88. The third-order valence-electron chi connectivity index (χ3n) is 5.11. The Hall–Kier alpha value is -3.67. The molecule has 2 N–H and O–H groups in total. The number of hydrogen-bond acceptors (Lipinski definition) is 5. The van der Waals surface area contributed by atoms with Gasteiger partial charge in [0.05, 0.1) is 24.7 Å². The second-order valence-corrected chi connectivity index (χ2v) is 6.89. The highest BCUT2D eigenvalue weighted by Crippen LogP contribution is 2.43. The molecule has 138 valence electrons. The van der Waals surface area contributed by atoms with E-state index in [1.165, 1.54) is 0 Å². The van der Waals surface area contributed by atoms with Crippen LogP contribution in [0.4, 0.5) is 11.5 Å². The standard InChI is InChI=1S/C22H19N5O/c1-12-10-18(28-3)13(2)9-16(12)22-26-19-14-6-8-23-11-17(14)25-21-15(20(19)27-22)5-4-7-24-21/h4-11H,1-3H3,(H,24,25)(H,26,27). The van der Waals surface area contributed by atoms with Crippen molar-refractivity contribution in [2.24, 2.45) is 0 Å². The molecule has 5 rings (SSSR count). The molecule has 3 aromatic heterocycles. The van der Waals surface area contributed by atoms with Crippen LogP contribution in [0.15, 0.2) is 48.9 Å². The Morgan fingerprint density at radius 1 is 0.964 bits per heavy atom. The molecule has 28 heavy (non-hydrogen) atoms. The number of pyridine rings is 2. The highest BCUT2D eigenvalue weighted by Gasteiger charge is 2.24. The summed E-state index contributed by atoms with van der Waals surface area (Å²) in [6.07, 6.45) is 5.38. The van der Waals surface area contributed by atoms with Crippen molar-refractivity contribution >= 4 is 11.5 Å². The van der Waals surface area contributed by atoms with Crippen LogP contribution in [0.2, 0.25) is 0 Å². The average molecular weight is 369 g/mol. The first kappa shape index (κ1) is 16.5. The second kappa shape index (κ2) is 6.20. The minimum Gasteiger partial charge on any atom is -0.496 e. The molecule has 0 fully saturated rings. The zero-order chi connectivity index (χ0) is 19.3. The number of aryl methyl sites for hydroxylation is 2. The van der Waals surface area contributed by atoms with Gasteiger partial charge in [-0.05, 0) is 55.3 Å². The Morgan fingerprint density at radius 2 is 1.86 bits per heavy atom. The van der Waals surface area contributed by atoms with E-state index < -0.39 is 0 Å².